The maximum absolute atomic E-state index is 9.59. The summed E-state index contributed by atoms with van der Waals surface area (Å²) in [5, 5.41) is 10.3. The normalized spacial score (nSPS) is 27.2. The maximum Gasteiger partial charge on any atom is 0.0947 e. The van der Waals surface area contributed by atoms with E-state index in [1.54, 1.807) is 0 Å². The zero-order valence-electron chi connectivity index (χ0n) is 6.50. The van der Waals surface area contributed by atoms with Crippen LogP contribution in [0.1, 0.15) is 17.2 Å². The van der Waals surface area contributed by atoms with Gasteiger partial charge in [-0.2, -0.15) is 0 Å². The third-order valence-electron chi connectivity index (χ3n) is 2.32. The van der Waals surface area contributed by atoms with Crippen molar-refractivity contribution in [2.24, 2.45) is 5.73 Å². The smallest absolute Gasteiger partial charge is 0.0947 e. The van der Waals surface area contributed by atoms with E-state index < -0.39 is 6.10 Å². The first-order valence-corrected chi connectivity index (χ1v) is 4.29. The van der Waals surface area contributed by atoms with Crippen LogP contribution >= 0.6 is 11.6 Å². The molecule has 2 unspecified atom stereocenters. The van der Waals surface area contributed by atoms with Gasteiger partial charge in [0, 0.05) is 11.1 Å². The second-order valence-corrected chi connectivity index (χ2v) is 3.53. The number of aliphatic hydroxyl groups is 1. The summed E-state index contributed by atoms with van der Waals surface area (Å²) in [6.07, 6.45) is 0.134. The first-order chi connectivity index (χ1) is 5.70. The number of fused-ring (bicyclic) bond motifs is 1. The number of aliphatic hydroxyl groups excluding tert-OH is 1. The molecule has 2 rings (SSSR count). The summed E-state index contributed by atoms with van der Waals surface area (Å²) in [5.41, 5.74) is 7.57. The van der Waals surface area contributed by atoms with Crippen LogP contribution in [0.3, 0.4) is 0 Å². The van der Waals surface area contributed by atoms with Crippen LogP contribution < -0.4 is 5.73 Å². The Morgan fingerprint density at radius 1 is 1.50 bits per heavy atom. The van der Waals surface area contributed by atoms with E-state index in [9.17, 15) is 5.11 Å². The van der Waals surface area contributed by atoms with E-state index in [1.165, 1.54) is 0 Å². The first-order valence-electron chi connectivity index (χ1n) is 3.91. The second-order valence-electron chi connectivity index (χ2n) is 3.12. The molecule has 64 valence electrons. The summed E-state index contributed by atoms with van der Waals surface area (Å²) in [7, 11) is 0. The molecule has 0 spiro atoms. The first kappa shape index (κ1) is 8.05. The Hall–Kier alpha value is -0.570. The molecule has 0 saturated carbocycles. The summed E-state index contributed by atoms with van der Waals surface area (Å²) in [6, 6.07) is 5.34. The molecular weight excluding hydrogens is 174 g/mol. The molecule has 0 aliphatic heterocycles. The van der Waals surface area contributed by atoms with Crippen molar-refractivity contribution in [3.8, 4) is 0 Å². The number of nitrogens with two attached hydrogens (primary N) is 1. The third-order valence-corrected chi connectivity index (χ3v) is 2.67. The summed E-state index contributed by atoms with van der Waals surface area (Å²) in [5.74, 6) is 0. The molecule has 0 amide bonds. The van der Waals surface area contributed by atoms with E-state index in [2.05, 4.69) is 0 Å². The van der Waals surface area contributed by atoms with E-state index in [0.29, 0.717) is 11.4 Å². The third kappa shape index (κ3) is 1.04. The molecule has 12 heavy (non-hydrogen) atoms. The molecule has 2 atom stereocenters. The van der Waals surface area contributed by atoms with Gasteiger partial charge in [0.25, 0.3) is 0 Å². The molecule has 1 aromatic carbocycles. The van der Waals surface area contributed by atoms with Gasteiger partial charge in [-0.1, -0.05) is 23.7 Å². The van der Waals surface area contributed by atoms with Gasteiger partial charge >= 0.3 is 0 Å². The van der Waals surface area contributed by atoms with Crippen molar-refractivity contribution in [2.75, 3.05) is 0 Å². The van der Waals surface area contributed by atoms with E-state index in [4.69, 9.17) is 17.3 Å². The minimum atomic E-state index is -0.543. The minimum Gasteiger partial charge on any atom is -0.387 e. The quantitative estimate of drug-likeness (QED) is 0.636. The number of halogens is 1. The van der Waals surface area contributed by atoms with Gasteiger partial charge in [0.15, 0.2) is 0 Å². The lowest BCUT2D eigenvalue weighted by atomic mass is 10.1. The molecule has 2 nitrogen and oxygen atoms in total. The number of hydrogen-bond donors (Lipinski definition) is 2. The largest absolute Gasteiger partial charge is 0.387 e. The van der Waals surface area contributed by atoms with Crippen LogP contribution in [0.15, 0.2) is 18.2 Å². The molecule has 0 fully saturated rings. The van der Waals surface area contributed by atoms with Crippen LogP contribution in [0.4, 0.5) is 0 Å². The number of benzene rings is 1. The SMILES string of the molecule is NC1Cc2c(Cl)cccc2C1O. The highest BCUT2D eigenvalue weighted by atomic mass is 35.5. The van der Waals surface area contributed by atoms with Crippen LogP contribution in [-0.2, 0) is 6.42 Å². The Morgan fingerprint density at radius 2 is 2.25 bits per heavy atom. The highest BCUT2D eigenvalue weighted by Gasteiger charge is 2.29. The monoisotopic (exact) mass is 183 g/mol. The van der Waals surface area contributed by atoms with Crippen LogP contribution in [0.25, 0.3) is 0 Å². The predicted molar refractivity (Wildman–Crippen MR) is 48.1 cm³/mol. The van der Waals surface area contributed by atoms with Crippen LogP contribution in [0, 0.1) is 0 Å². The average Bonchev–Trinajstić information content (AvgIpc) is 2.32. The van der Waals surface area contributed by atoms with E-state index in [-0.39, 0.29) is 6.04 Å². The Kier molecular flexibility index (Phi) is 1.83. The molecule has 1 aliphatic rings. The van der Waals surface area contributed by atoms with Crippen LogP contribution in [0.2, 0.25) is 5.02 Å². The molecule has 0 radical (unpaired) electrons. The van der Waals surface area contributed by atoms with Gasteiger partial charge in [0.1, 0.15) is 0 Å². The Morgan fingerprint density at radius 3 is 2.92 bits per heavy atom. The topological polar surface area (TPSA) is 46.2 Å². The summed E-state index contributed by atoms with van der Waals surface area (Å²) < 4.78 is 0. The van der Waals surface area contributed by atoms with Gasteiger partial charge in [-0.3, -0.25) is 0 Å². The molecular formula is C9H10ClNO. The van der Waals surface area contributed by atoms with E-state index in [0.717, 1.165) is 11.1 Å². The van der Waals surface area contributed by atoms with Gasteiger partial charge in [0.2, 0.25) is 0 Å². The molecule has 0 bridgehead atoms. The second kappa shape index (κ2) is 2.73. The van der Waals surface area contributed by atoms with Crippen molar-refractivity contribution in [3.05, 3.63) is 34.3 Å². The van der Waals surface area contributed by atoms with Gasteiger partial charge in [-0.05, 0) is 23.6 Å². The lowest BCUT2D eigenvalue weighted by molar-refractivity contribution is 0.159. The molecule has 1 aliphatic carbocycles. The lowest BCUT2D eigenvalue weighted by Gasteiger charge is -2.07. The Labute approximate surface area is 76.0 Å². The highest BCUT2D eigenvalue weighted by molar-refractivity contribution is 6.31. The van der Waals surface area contributed by atoms with Crippen molar-refractivity contribution in [1.29, 1.82) is 0 Å². The molecule has 1 aromatic rings. The van der Waals surface area contributed by atoms with Gasteiger partial charge in [-0.25, -0.2) is 0 Å². The van der Waals surface area contributed by atoms with Crippen molar-refractivity contribution in [2.45, 2.75) is 18.6 Å². The van der Waals surface area contributed by atoms with Gasteiger partial charge in [-0.15, -0.1) is 0 Å². The summed E-state index contributed by atoms with van der Waals surface area (Å²) in [4.78, 5) is 0. The number of rotatable bonds is 0. The molecule has 0 saturated heterocycles. The summed E-state index contributed by atoms with van der Waals surface area (Å²) in [6.45, 7) is 0. The fourth-order valence-electron chi connectivity index (χ4n) is 1.65. The lowest BCUT2D eigenvalue weighted by Crippen LogP contribution is -2.24. The number of hydrogen-bond acceptors (Lipinski definition) is 2. The zero-order valence-corrected chi connectivity index (χ0v) is 7.25. The average molecular weight is 184 g/mol. The molecule has 3 N–H and O–H groups in total. The van der Waals surface area contributed by atoms with E-state index >= 15 is 0 Å². The Bertz CT molecular complexity index is 313. The highest BCUT2D eigenvalue weighted by Crippen LogP contribution is 2.34. The van der Waals surface area contributed by atoms with Crippen molar-refractivity contribution < 1.29 is 5.11 Å². The fourth-order valence-corrected chi connectivity index (χ4v) is 1.90. The zero-order chi connectivity index (χ0) is 8.72. The minimum absolute atomic E-state index is 0.195. The molecule has 0 heterocycles. The van der Waals surface area contributed by atoms with Gasteiger partial charge < -0.3 is 10.8 Å². The predicted octanol–water partition coefficient (Wildman–Crippen LogP) is 1.26. The molecule has 3 heteroatoms. The van der Waals surface area contributed by atoms with Crippen molar-refractivity contribution in [1.82, 2.24) is 0 Å². The fraction of sp³-hybridized carbons (Fsp3) is 0.333. The summed E-state index contributed by atoms with van der Waals surface area (Å²) >= 11 is 5.93. The molecule has 0 aromatic heterocycles. The maximum atomic E-state index is 9.59. The standard InChI is InChI=1S/C9H10ClNO/c10-7-3-1-2-5-6(7)4-8(11)9(5)12/h1-3,8-9,12H,4,11H2. The van der Waals surface area contributed by atoms with Crippen LogP contribution in [0.5, 0.6) is 0 Å². The Balaban J connectivity index is 2.53. The van der Waals surface area contributed by atoms with Crippen LogP contribution in [-0.4, -0.2) is 11.1 Å². The van der Waals surface area contributed by atoms with Crippen molar-refractivity contribution in [3.63, 3.8) is 0 Å². The van der Waals surface area contributed by atoms with E-state index in [1.807, 2.05) is 18.2 Å². The van der Waals surface area contributed by atoms with Gasteiger partial charge in [0.05, 0.1) is 6.10 Å². The van der Waals surface area contributed by atoms with Crippen molar-refractivity contribution >= 4 is 11.6 Å².